The number of piperidine rings is 2. The highest BCUT2D eigenvalue weighted by atomic mass is 16.5. The lowest BCUT2D eigenvalue weighted by Crippen LogP contribution is -2.49. The van der Waals surface area contributed by atoms with Crippen LogP contribution in [0.25, 0.3) is 23.0 Å². The number of amides is 1. The Bertz CT molecular complexity index is 2670. The van der Waals surface area contributed by atoms with E-state index >= 15 is 0 Å². The van der Waals surface area contributed by atoms with E-state index in [-0.39, 0.29) is 47.2 Å². The molecule has 2 aliphatic rings. The summed E-state index contributed by atoms with van der Waals surface area (Å²) in [5, 5.41) is 12.4. The smallest absolute Gasteiger partial charge is 0.338 e. The summed E-state index contributed by atoms with van der Waals surface area (Å²) >= 11 is 0. The zero-order valence-electron chi connectivity index (χ0n) is 38.8. The minimum Gasteiger partial charge on any atom is -0.481 e. The maximum Gasteiger partial charge on any atom is 0.338 e. The Labute approximate surface area is 397 Å². The predicted molar refractivity (Wildman–Crippen MR) is 247 cm³/mol. The number of nitrogens with zero attached hydrogens (tertiary/aromatic N) is 9. The highest BCUT2D eigenvalue weighted by Gasteiger charge is 2.33. The summed E-state index contributed by atoms with van der Waals surface area (Å²) in [7, 11) is 5.64. The maximum absolute atomic E-state index is 13.6. The molecule has 6 aromatic heterocycles. The number of likely N-dealkylation sites (tertiary alicyclic amines) is 1. The molecule has 69 heavy (non-hydrogen) atoms. The van der Waals surface area contributed by atoms with E-state index in [0.717, 1.165) is 32.2 Å². The summed E-state index contributed by atoms with van der Waals surface area (Å²) < 4.78 is 31.4. The van der Waals surface area contributed by atoms with Crippen LogP contribution in [0, 0.1) is 0 Å². The molecule has 8 heterocycles. The SMILES string of the molecule is COC(=O)c1ccnc(O[C@@H]2CC[C@@H](C)N(C(=O)c3ccc(OC)nc3-c3ncccn3)C2)c1.COC(=O)c1ccnc(O[C@@H]2CC[C@@H](C)NC2)c1.COc1ccc(C(=O)O)c(-c2ncccn2)n1. The first-order valence-corrected chi connectivity index (χ1v) is 21.8. The average molecular weight is 945 g/mol. The van der Waals surface area contributed by atoms with Crippen LogP contribution in [-0.2, 0) is 9.47 Å². The van der Waals surface area contributed by atoms with Gasteiger partial charge in [0.1, 0.15) is 23.6 Å². The molecule has 0 unspecified atom stereocenters. The Hall–Kier alpha value is -8.20. The van der Waals surface area contributed by atoms with Gasteiger partial charge in [-0.3, -0.25) is 4.79 Å². The normalized spacial score (nSPS) is 17.3. The number of carboxylic acids is 1. The zero-order valence-corrected chi connectivity index (χ0v) is 38.8. The Balaban J connectivity index is 0.000000188. The number of nitrogens with one attached hydrogen (secondary N) is 1. The molecule has 2 N–H and O–H groups in total. The third-order valence-electron chi connectivity index (χ3n) is 10.8. The molecule has 2 saturated heterocycles. The largest absolute Gasteiger partial charge is 0.481 e. The average Bonchev–Trinajstić information content (AvgIpc) is 3.39. The number of rotatable bonds is 12. The molecule has 21 heteroatoms. The Kier molecular flexibility index (Phi) is 17.9. The van der Waals surface area contributed by atoms with Crippen molar-refractivity contribution < 1.29 is 52.7 Å². The number of carbonyl (C=O) groups is 4. The lowest BCUT2D eigenvalue weighted by Gasteiger charge is -2.38. The third-order valence-corrected chi connectivity index (χ3v) is 10.8. The van der Waals surface area contributed by atoms with Crippen molar-refractivity contribution >= 4 is 23.8 Å². The lowest BCUT2D eigenvalue weighted by molar-refractivity contribution is 0.0372. The van der Waals surface area contributed by atoms with Gasteiger partial charge in [-0.2, -0.15) is 0 Å². The second kappa shape index (κ2) is 24.5. The van der Waals surface area contributed by atoms with Gasteiger partial charge in [-0.1, -0.05) is 0 Å². The molecule has 0 saturated carbocycles. The maximum atomic E-state index is 13.6. The molecule has 2 aliphatic heterocycles. The van der Waals surface area contributed by atoms with E-state index < -0.39 is 11.9 Å². The van der Waals surface area contributed by atoms with Gasteiger partial charge in [0.25, 0.3) is 5.91 Å². The number of aromatic nitrogens is 8. The fourth-order valence-electron chi connectivity index (χ4n) is 7.10. The van der Waals surface area contributed by atoms with Gasteiger partial charge in [-0.25, -0.2) is 54.3 Å². The van der Waals surface area contributed by atoms with Crippen molar-refractivity contribution in [2.24, 2.45) is 0 Å². The van der Waals surface area contributed by atoms with Crippen LogP contribution in [0.3, 0.4) is 0 Å². The molecule has 360 valence electrons. The van der Waals surface area contributed by atoms with E-state index in [1.54, 1.807) is 66.0 Å². The first-order chi connectivity index (χ1) is 33.4. The van der Waals surface area contributed by atoms with Crippen LogP contribution in [0.15, 0.2) is 97.8 Å². The Morgan fingerprint density at radius 3 is 1.57 bits per heavy atom. The molecule has 4 atom stereocenters. The van der Waals surface area contributed by atoms with E-state index in [1.807, 2.05) is 6.92 Å². The number of pyridine rings is 4. The summed E-state index contributed by atoms with van der Waals surface area (Å²) in [6.07, 6.45) is 12.7. The van der Waals surface area contributed by atoms with Crippen molar-refractivity contribution in [3.05, 3.63) is 120 Å². The fourth-order valence-corrected chi connectivity index (χ4v) is 7.10. The highest BCUT2D eigenvalue weighted by Crippen LogP contribution is 2.28. The van der Waals surface area contributed by atoms with Crippen molar-refractivity contribution in [1.82, 2.24) is 50.1 Å². The zero-order chi connectivity index (χ0) is 49.3. The molecule has 1 amide bonds. The van der Waals surface area contributed by atoms with E-state index in [4.69, 9.17) is 28.8 Å². The molecule has 0 bridgehead atoms. The number of carboxylic acid groups (broad SMARTS) is 1. The molecule has 0 radical (unpaired) electrons. The van der Waals surface area contributed by atoms with Crippen LogP contribution in [0.4, 0.5) is 0 Å². The van der Waals surface area contributed by atoms with Crippen molar-refractivity contribution in [2.45, 2.75) is 63.8 Å². The number of methoxy groups -OCH3 is 4. The second-order valence-electron chi connectivity index (χ2n) is 15.4. The van der Waals surface area contributed by atoms with E-state index in [9.17, 15) is 19.2 Å². The third kappa shape index (κ3) is 13.7. The first kappa shape index (κ1) is 50.2. The number of aromatic carboxylic acids is 1. The lowest BCUT2D eigenvalue weighted by atomic mass is 9.99. The number of hydrogen-bond donors (Lipinski definition) is 2. The van der Waals surface area contributed by atoms with Gasteiger partial charge in [-0.05, 0) is 75.9 Å². The molecule has 8 rings (SSSR count). The highest BCUT2D eigenvalue weighted by molar-refractivity contribution is 5.99. The fraction of sp³-hybridized carbons (Fsp3) is 0.333. The first-order valence-electron chi connectivity index (χ1n) is 21.8. The molecule has 6 aromatic rings. The van der Waals surface area contributed by atoms with Crippen LogP contribution in [-0.4, -0.2) is 140 Å². The molecule has 2 fully saturated rings. The van der Waals surface area contributed by atoms with E-state index in [0.29, 0.717) is 64.3 Å². The van der Waals surface area contributed by atoms with Crippen molar-refractivity contribution in [3.63, 3.8) is 0 Å². The van der Waals surface area contributed by atoms with Gasteiger partial charge >= 0.3 is 17.9 Å². The monoisotopic (exact) mass is 944 g/mol. The molecule has 0 spiro atoms. The van der Waals surface area contributed by atoms with E-state index in [2.05, 4.69) is 56.8 Å². The molecule has 0 aromatic carbocycles. The van der Waals surface area contributed by atoms with Crippen LogP contribution in [0.1, 0.15) is 81.0 Å². The van der Waals surface area contributed by atoms with Crippen LogP contribution in [0.2, 0.25) is 0 Å². The minimum atomic E-state index is -1.08. The summed E-state index contributed by atoms with van der Waals surface area (Å²) in [6, 6.07) is 16.4. The van der Waals surface area contributed by atoms with Crippen LogP contribution >= 0.6 is 0 Å². The van der Waals surface area contributed by atoms with Gasteiger partial charge in [0, 0.05) is 80.1 Å². The number of hydrogen-bond acceptors (Lipinski definition) is 19. The second-order valence-corrected chi connectivity index (χ2v) is 15.4. The summed E-state index contributed by atoms with van der Waals surface area (Å²) in [5.74, 6) is -0.0757. The van der Waals surface area contributed by atoms with Crippen molar-refractivity contribution in [2.75, 3.05) is 41.5 Å². The number of carbonyl (C=O) groups excluding carboxylic acids is 3. The quantitative estimate of drug-likeness (QED) is 0.145. The van der Waals surface area contributed by atoms with Crippen LogP contribution in [0.5, 0.6) is 23.5 Å². The molecule has 21 nitrogen and oxygen atoms in total. The van der Waals surface area contributed by atoms with E-state index in [1.165, 1.54) is 65.2 Å². The summed E-state index contributed by atoms with van der Waals surface area (Å²) in [5.41, 5.74) is 1.77. The van der Waals surface area contributed by atoms with Gasteiger partial charge in [-0.15, -0.1) is 0 Å². The van der Waals surface area contributed by atoms with Crippen molar-refractivity contribution in [1.29, 1.82) is 0 Å². The minimum absolute atomic E-state index is 0.00615. The van der Waals surface area contributed by atoms with Crippen LogP contribution < -0.4 is 24.3 Å². The standard InChI is InChI=1S/C24H25N5O5.C13H18N2O3.C11H9N3O3/c1-15-5-6-17(34-20-13-16(9-12-25-20)24(31)33-3)14-29(15)23(30)18-7-8-19(32-2)28-21(18)22-26-10-4-11-27-22;1-9-3-4-11(8-15-9)18-12-7-10(5-6-14-12)13(16)17-2;1-17-8-4-3-7(11(15)16)9(14-8)10-12-5-2-6-13-10/h4,7-13,15,17H,5-6,14H2,1-3H3;5-7,9,11,15H,3-4,8H2,1-2H3;2-6H,1H3,(H,15,16)/t15-,17-;9-,11-;/m11./s1. The number of ether oxygens (including phenoxy) is 6. The van der Waals surface area contributed by atoms with Gasteiger partial charge in [0.15, 0.2) is 11.6 Å². The Morgan fingerprint density at radius 2 is 1.09 bits per heavy atom. The number of esters is 2. The molecular weight excluding hydrogens is 893 g/mol. The van der Waals surface area contributed by atoms with Crippen molar-refractivity contribution in [3.8, 4) is 46.6 Å². The predicted octanol–water partition coefficient (Wildman–Crippen LogP) is 5.43. The van der Waals surface area contributed by atoms with Gasteiger partial charge < -0.3 is 43.7 Å². The topological polar surface area (TPSA) is 262 Å². The summed E-state index contributed by atoms with van der Waals surface area (Å²) in [4.78, 5) is 82.9. The Morgan fingerprint density at radius 1 is 0.594 bits per heavy atom. The van der Waals surface area contributed by atoms with Gasteiger partial charge in [0.2, 0.25) is 23.5 Å². The summed E-state index contributed by atoms with van der Waals surface area (Å²) in [6.45, 7) is 5.32. The molecular formula is C48H52N10O11. The molecule has 0 aliphatic carbocycles. The van der Waals surface area contributed by atoms with Gasteiger partial charge in [0.05, 0.1) is 57.2 Å².